The number of carbonyl (C=O) groups is 1. The Morgan fingerprint density at radius 3 is 2.65 bits per heavy atom. The number of halogens is 1. The Labute approximate surface area is 112 Å². The maximum absolute atomic E-state index is 10.7. The Bertz CT molecular complexity index is 520. The standard InChI is InChI=1S/C12H9ClO2S2/c13-9-3-1-8(2-4-9)6-16-10-5-11(12(14)15)17-7-10/h1-5,7H,6H2,(H,14,15). The van der Waals surface area contributed by atoms with E-state index < -0.39 is 5.97 Å². The second-order valence-corrected chi connectivity index (χ2v) is 5.76. The van der Waals surface area contributed by atoms with Gasteiger partial charge in [0, 0.05) is 21.1 Å². The lowest BCUT2D eigenvalue weighted by Crippen LogP contribution is -1.89. The Morgan fingerprint density at radius 1 is 1.35 bits per heavy atom. The minimum Gasteiger partial charge on any atom is -0.477 e. The lowest BCUT2D eigenvalue weighted by molar-refractivity contribution is 0.0702. The van der Waals surface area contributed by atoms with E-state index in [4.69, 9.17) is 16.7 Å². The fraction of sp³-hybridized carbons (Fsp3) is 0.0833. The highest BCUT2D eigenvalue weighted by atomic mass is 35.5. The van der Waals surface area contributed by atoms with Crippen molar-refractivity contribution in [3.8, 4) is 0 Å². The highest BCUT2D eigenvalue weighted by molar-refractivity contribution is 7.98. The van der Waals surface area contributed by atoms with E-state index in [0.29, 0.717) is 4.88 Å². The number of benzene rings is 1. The summed E-state index contributed by atoms with van der Waals surface area (Å²) < 4.78 is 0. The van der Waals surface area contributed by atoms with Crippen LogP contribution >= 0.6 is 34.7 Å². The van der Waals surface area contributed by atoms with Gasteiger partial charge in [-0.2, -0.15) is 0 Å². The van der Waals surface area contributed by atoms with Crippen molar-refractivity contribution in [1.29, 1.82) is 0 Å². The van der Waals surface area contributed by atoms with Gasteiger partial charge in [0.25, 0.3) is 0 Å². The molecule has 0 aliphatic rings. The maximum Gasteiger partial charge on any atom is 0.345 e. The summed E-state index contributed by atoms with van der Waals surface area (Å²) in [4.78, 5) is 12.1. The van der Waals surface area contributed by atoms with Gasteiger partial charge in [-0.15, -0.1) is 23.1 Å². The van der Waals surface area contributed by atoms with Gasteiger partial charge in [-0.25, -0.2) is 4.79 Å². The summed E-state index contributed by atoms with van der Waals surface area (Å²) in [7, 11) is 0. The molecule has 0 saturated heterocycles. The molecule has 2 aromatic rings. The van der Waals surface area contributed by atoms with Gasteiger partial charge in [0.15, 0.2) is 0 Å². The van der Waals surface area contributed by atoms with E-state index >= 15 is 0 Å². The Morgan fingerprint density at radius 2 is 2.06 bits per heavy atom. The summed E-state index contributed by atoms with van der Waals surface area (Å²) in [5.74, 6) is -0.0548. The number of rotatable bonds is 4. The molecule has 17 heavy (non-hydrogen) atoms. The molecule has 1 aromatic heterocycles. The molecule has 0 saturated carbocycles. The van der Waals surface area contributed by atoms with E-state index in [1.165, 1.54) is 16.9 Å². The normalized spacial score (nSPS) is 10.4. The molecule has 1 N–H and O–H groups in total. The van der Waals surface area contributed by atoms with Gasteiger partial charge in [-0.1, -0.05) is 23.7 Å². The Balaban J connectivity index is 1.97. The first-order chi connectivity index (χ1) is 8.15. The molecule has 2 rings (SSSR count). The second-order valence-electron chi connectivity index (χ2n) is 3.37. The van der Waals surface area contributed by atoms with E-state index in [0.717, 1.165) is 15.7 Å². The first-order valence-electron chi connectivity index (χ1n) is 4.84. The third kappa shape index (κ3) is 3.49. The van der Waals surface area contributed by atoms with Crippen LogP contribution in [0.5, 0.6) is 0 Å². The zero-order chi connectivity index (χ0) is 12.3. The van der Waals surface area contributed by atoms with E-state index in [9.17, 15) is 4.79 Å². The average Bonchev–Trinajstić information content (AvgIpc) is 2.77. The van der Waals surface area contributed by atoms with Crippen molar-refractivity contribution < 1.29 is 9.90 Å². The molecule has 0 atom stereocenters. The number of thioether (sulfide) groups is 1. The molecule has 0 spiro atoms. The van der Waals surface area contributed by atoms with Crippen molar-refractivity contribution in [1.82, 2.24) is 0 Å². The number of hydrogen-bond acceptors (Lipinski definition) is 3. The van der Waals surface area contributed by atoms with Crippen LogP contribution < -0.4 is 0 Å². The van der Waals surface area contributed by atoms with Crippen molar-refractivity contribution in [2.24, 2.45) is 0 Å². The van der Waals surface area contributed by atoms with E-state index in [2.05, 4.69) is 0 Å². The Hall–Kier alpha value is -0.970. The molecule has 5 heteroatoms. The van der Waals surface area contributed by atoms with Crippen molar-refractivity contribution in [3.05, 3.63) is 51.2 Å². The van der Waals surface area contributed by atoms with Gasteiger partial charge in [0.05, 0.1) is 0 Å². The molecule has 88 valence electrons. The smallest absolute Gasteiger partial charge is 0.345 e. The number of carboxylic acid groups (broad SMARTS) is 1. The summed E-state index contributed by atoms with van der Waals surface area (Å²) >= 11 is 8.67. The third-order valence-corrected chi connectivity index (χ3v) is 4.47. The number of hydrogen-bond donors (Lipinski definition) is 1. The van der Waals surface area contributed by atoms with Crippen LogP contribution in [0.3, 0.4) is 0 Å². The van der Waals surface area contributed by atoms with E-state index in [1.54, 1.807) is 17.8 Å². The molecule has 0 fully saturated rings. The van der Waals surface area contributed by atoms with Crippen LogP contribution in [-0.2, 0) is 5.75 Å². The minimum atomic E-state index is -0.867. The number of aromatic carboxylic acids is 1. The van der Waals surface area contributed by atoms with Crippen LogP contribution in [0.15, 0.2) is 40.6 Å². The molecule has 0 amide bonds. The van der Waals surface area contributed by atoms with Crippen LogP contribution in [0.4, 0.5) is 0 Å². The summed E-state index contributed by atoms with van der Waals surface area (Å²) in [6, 6.07) is 9.36. The van der Waals surface area contributed by atoms with Crippen molar-refractivity contribution in [3.63, 3.8) is 0 Å². The largest absolute Gasteiger partial charge is 0.477 e. The molecular formula is C12H9ClO2S2. The Kier molecular flexibility index (Phi) is 4.10. The van der Waals surface area contributed by atoms with Crippen LogP contribution in [-0.4, -0.2) is 11.1 Å². The highest BCUT2D eigenvalue weighted by Crippen LogP contribution is 2.28. The third-order valence-electron chi connectivity index (χ3n) is 2.10. The monoisotopic (exact) mass is 284 g/mol. The summed E-state index contributed by atoms with van der Waals surface area (Å²) in [5, 5.41) is 11.4. The maximum atomic E-state index is 10.7. The average molecular weight is 285 g/mol. The molecule has 0 radical (unpaired) electrons. The van der Waals surface area contributed by atoms with Crippen LogP contribution in [0.25, 0.3) is 0 Å². The van der Waals surface area contributed by atoms with Crippen molar-refractivity contribution in [2.75, 3.05) is 0 Å². The molecule has 0 unspecified atom stereocenters. The molecule has 2 nitrogen and oxygen atoms in total. The number of carboxylic acids is 1. The molecule has 1 aromatic carbocycles. The lowest BCUT2D eigenvalue weighted by atomic mass is 10.2. The molecule has 0 aliphatic heterocycles. The zero-order valence-electron chi connectivity index (χ0n) is 8.72. The molecule has 0 bridgehead atoms. The second kappa shape index (κ2) is 5.58. The zero-order valence-corrected chi connectivity index (χ0v) is 11.1. The van der Waals surface area contributed by atoms with Crippen LogP contribution in [0.1, 0.15) is 15.2 Å². The first-order valence-corrected chi connectivity index (χ1v) is 7.08. The fourth-order valence-corrected chi connectivity index (χ4v) is 3.20. The summed E-state index contributed by atoms with van der Waals surface area (Å²) in [6.45, 7) is 0. The molecule has 0 aliphatic carbocycles. The van der Waals surface area contributed by atoms with Gasteiger partial charge in [-0.05, 0) is 23.8 Å². The van der Waals surface area contributed by atoms with Gasteiger partial charge in [0.1, 0.15) is 4.88 Å². The lowest BCUT2D eigenvalue weighted by Gasteiger charge is -1.99. The predicted molar refractivity (Wildman–Crippen MR) is 72.3 cm³/mol. The minimum absolute atomic E-state index is 0.378. The van der Waals surface area contributed by atoms with E-state index in [-0.39, 0.29) is 0 Å². The number of thiophene rings is 1. The summed E-state index contributed by atoms with van der Waals surface area (Å²) in [6.07, 6.45) is 0. The van der Waals surface area contributed by atoms with E-state index in [1.807, 2.05) is 29.6 Å². The van der Waals surface area contributed by atoms with Gasteiger partial charge in [0.2, 0.25) is 0 Å². The van der Waals surface area contributed by atoms with Crippen molar-refractivity contribution in [2.45, 2.75) is 10.6 Å². The van der Waals surface area contributed by atoms with Gasteiger partial charge in [-0.3, -0.25) is 0 Å². The summed E-state index contributed by atoms with van der Waals surface area (Å²) in [5.41, 5.74) is 1.17. The van der Waals surface area contributed by atoms with Crippen LogP contribution in [0.2, 0.25) is 5.02 Å². The highest BCUT2D eigenvalue weighted by Gasteiger charge is 2.07. The molecule has 1 heterocycles. The fourth-order valence-electron chi connectivity index (χ4n) is 1.25. The van der Waals surface area contributed by atoms with Gasteiger partial charge >= 0.3 is 5.97 Å². The van der Waals surface area contributed by atoms with Gasteiger partial charge < -0.3 is 5.11 Å². The SMILES string of the molecule is O=C(O)c1cc(SCc2ccc(Cl)cc2)cs1. The van der Waals surface area contributed by atoms with Crippen LogP contribution in [0, 0.1) is 0 Å². The van der Waals surface area contributed by atoms with Crippen molar-refractivity contribution >= 4 is 40.7 Å². The quantitative estimate of drug-likeness (QED) is 0.846. The topological polar surface area (TPSA) is 37.3 Å². The predicted octanol–water partition coefficient (Wildman–Crippen LogP) is 4.39. The first kappa shape index (κ1) is 12.5. The molecular weight excluding hydrogens is 276 g/mol.